The van der Waals surface area contributed by atoms with Crippen molar-refractivity contribution < 1.29 is 9.18 Å². The van der Waals surface area contributed by atoms with Crippen LogP contribution in [0.3, 0.4) is 0 Å². The third-order valence-corrected chi connectivity index (χ3v) is 3.25. The summed E-state index contributed by atoms with van der Waals surface area (Å²) in [5.41, 5.74) is 6.15. The number of hydrogen-bond donors (Lipinski definition) is 2. The lowest BCUT2D eigenvalue weighted by atomic mass is 10.1. The van der Waals surface area contributed by atoms with Crippen molar-refractivity contribution in [1.29, 1.82) is 0 Å². The van der Waals surface area contributed by atoms with Gasteiger partial charge in [0.15, 0.2) is 0 Å². The Balaban J connectivity index is 1.91. The van der Waals surface area contributed by atoms with E-state index in [1.807, 2.05) is 0 Å². The molecule has 0 radical (unpaired) electrons. The molecule has 0 unspecified atom stereocenters. The van der Waals surface area contributed by atoms with Crippen LogP contribution >= 0.6 is 11.3 Å². The van der Waals surface area contributed by atoms with Gasteiger partial charge in [-0.3, -0.25) is 4.79 Å². The molecule has 19 heavy (non-hydrogen) atoms. The molecule has 0 aliphatic heterocycles. The minimum atomic E-state index is -0.320. The second kappa shape index (κ2) is 6.35. The molecule has 5 nitrogen and oxygen atoms in total. The number of halogens is 1. The summed E-state index contributed by atoms with van der Waals surface area (Å²) in [6, 6.07) is 5.81. The van der Waals surface area contributed by atoms with E-state index in [-0.39, 0.29) is 18.1 Å². The maximum Gasteiger partial charge on any atom is 0.230 e. The van der Waals surface area contributed by atoms with E-state index in [2.05, 4.69) is 15.5 Å². The number of aromatic nitrogens is 2. The number of benzene rings is 1. The molecule has 1 aromatic carbocycles. The Morgan fingerprint density at radius 2 is 2.05 bits per heavy atom. The average Bonchev–Trinajstić information content (AvgIpc) is 2.80. The lowest BCUT2D eigenvalue weighted by molar-refractivity contribution is -0.115. The molecule has 0 spiro atoms. The molecule has 0 bridgehead atoms. The smallest absolute Gasteiger partial charge is 0.230 e. The molecule has 0 aliphatic rings. The topological polar surface area (TPSA) is 80.9 Å². The van der Waals surface area contributed by atoms with Crippen LogP contribution in [0.15, 0.2) is 24.3 Å². The highest BCUT2D eigenvalue weighted by atomic mass is 32.1. The Morgan fingerprint density at radius 3 is 2.74 bits per heavy atom. The number of nitrogens with two attached hydrogens (primary N) is 1. The maximum atomic E-state index is 12.7. The number of amides is 1. The number of anilines is 1. The van der Waals surface area contributed by atoms with Crippen molar-refractivity contribution in [2.24, 2.45) is 5.73 Å². The van der Waals surface area contributed by atoms with Crippen LogP contribution in [0.1, 0.15) is 10.6 Å². The van der Waals surface area contributed by atoms with Crippen molar-refractivity contribution in [3.05, 3.63) is 40.7 Å². The van der Waals surface area contributed by atoms with Crippen LogP contribution in [0.25, 0.3) is 0 Å². The van der Waals surface area contributed by atoms with E-state index in [9.17, 15) is 9.18 Å². The minimum Gasteiger partial charge on any atom is -0.330 e. The molecule has 1 aromatic heterocycles. The van der Waals surface area contributed by atoms with Gasteiger partial charge < -0.3 is 11.1 Å². The zero-order valence-corrected chi connectivity index (χ0v) is 10.9. The van der Waals surface area contributed by atoms with Crippen LogP contribution in [0, 0.1) is 5.82 Å². The number of nitrogens with zero attached hydrogens (tertiary/aromatic N) is 2. The van der Waals surface area contributed by atoms with Crippen molar-refractivity contribution in [2.75, 3.05) is 11.9 Å². The molecule has 0 saturated carbocycles. The summed E-state index contributed by atoms with van der Waals surface area (Å²) >= 11 is 1.30. The second-order valence-corrected chi connectivity index (χ2v) is 4.95. The lowest BCUT2D eigenvalue weighted by Gasteiger charge is -2.01. The third kappa shape index (κ3) is 4.08. The Labute approximate surface area is 113 Å². The summed E-state index contributed by atoms with van der Waals surface area (Å²) in [6.07, 6.45) is 0.817. The van der Waals surface area contributed by atoms with E-state index >= 15 is 0 Å². The van der Waals surface area contributed by atoms with Crippen LogP contribution in [-0.2, 0) is 17.6 Å². The van der Waals surface area contributed by atoms with Crippen LogP contribution in [0.2, 0.25) is 0 Å². The van der Waals surface area contributed by atoms with Crippen LogP contribution in [0.4, 0.5) is 9.52 Å². The fraction of sp³-hybridized carbons (Fsp3) is 0.250. The lowest BCUT2D eigenvalue weighted by Crippen LogP contribution is -2.14. The van der Waals surface area contributed by atoms with Crippen LogP contribution in [0.5, 0.6) is 0 Å². The summed E-state index contributed by atoms with van der Waals surface area (Å²) < 4.78 is 12.7. The van der Waals surface area contributed by atoms with Crippen molar-refractivity contribution in [2.45, 2.75) is 12.8 Å². The van der Waals surface area contributed by atoms with Gasteiger partial charge in [-0.05, 0) is 24.2 Å². The highest BCUT2D eigenvalue weighted by molar-refractivity contribution is 7.15. The van der Waals surface area contributed by atoms with E-state index in [1.165, 1.54) is 23.5 Å². The molecule has 0 atom stereocenters. The molecule has 0 fully saturated rings. The molecule has 0 aliphatic carbocycles. The normalized spacial score (nSPS) is 10.4. The van der Waals surface area contributed by atoms with Gasteiger partial charge in [0.25, 0.3) is 0 Å². The highest BCUT2D eigenvalue weighted by Gasteiger charge is 2.08. The Bertz CT molecular complexity index is 555. The molecular weight excluding hydrogens is 267 g/mol. The first-order valence-electron chi connectivity index (χ1n) is 5.74. The Kier molecular flexibility index (Phi) is 4.53. The summed E-state index contributed by atoms with van der Waals surface area (Å²) in [5.74, 6) is -0.526. The van der Waals surface area contributed by atoms with Gasteiger partial charge in [-0.2, -0.15) is 0 Å². The number of hydrogen-bond acceptors (Lipinski definition) is 5. The summed E-state index contributed by atoms with van der Waals surface area (Å²) in [5, 5.41) is 11.7. The van der Waals surface area contributed by atoms with Crippen LogP contribution in [-0.4, -0.2) is 22.6 Å². The second-order valence-electron chi connectivity index (χ2n) is 3.89. The van der Waals surface area contributed by atoms with Crippen molar-refractivity contribution in [3.63, 3.8) is 0 Å². The van der Waals surface area contributed by atoms with Gasteiger partial charge >= 0.3 is 0 Å². The van der Waals surface area contributed by atoms with Crippen molar-refractivity contribution in [1.82, 2.24) is 10.2 Å². The van der Waals surface area contributed by atoms with E-state index in [4.69, 9.17) is 5.73 Å². The predicted octanol–water partition coefficient (Wildman–Crippen LogP) is 1.36. The van der Waals surface area contributed by atoms with Gasteiger partial charge in [0.2, 0.25) is 11.0 Å². The SMILES string of the molecule is NCCc1nnc(NC(=O)Cc2ccc(F)cc2)s1. The monoisotopic (exact) mass is 280 g/mol. The first kappa shape index (κ1) is 13.6. The molecule has 1 heterocycles. The number of nitrogens with one attached hydrogen (secondary N) is 1. The molecule has 2 rings (SSSR count). The van der Waals surface area contributed by atoms with Crippen molar-refractivity contribution in [3.8, 4) is 0 Å². The number of rotatable bonds is 5. The molecule has 100 valence electrons. The molecule has 0 saturated heterocycles. The Hall–Kier alpha value is -1.86. The standard InChI is InChI=1S/C12H13FN4OS/c13-9-3-1-8(2-4-9)7-10(18)15-12-17-16-11(19-12)5-6-14/h1-4H,5-7,14H2,(H,15,17,18). The molecule has 7 heteroatoms. The first-order valence-corrected chi connectivity index (χ1v) is 6.56. The third-order valence-electron chi connectivity index (χ3n) is 2.35. The summed E-state index contributed by atoms with van der Waals surface area (Å²) in [7, 11) is 0. The molecule has 1 amide bonds. The van der Waals surface area contributed by atoms with Gasteiger partial charge in [0.1, 0.15) is 10.8 Å². The van der Waals surface area contributed by atoms with Gasteiger partial charge in [-0.1, -0.05) is 23.5 Å². The van der Waals surface area contributed by atoms with E-state index in [0.717, 1.165) is 10.6 Å². The van der Waals surface area contributed by atoms with Gasteiger partial charge in [-0.15, -0.1) is 10.2 Å². The molecule has 3 N–H and O–H groups in total. The van der Waals surface area contributed by atoms with Gasteiger partial charge in [0, 0.05) is 6.42 Å². The molecule has 2 aromatic rings. The van der Waals surface area contributed by atoms with E-state index in [1.54, 1.807) is 12.1 Å². The summed E-state index contributed by atoms with van der Waals surface area (Å²) in [4.78, 5) is 11.7. The van der Waals surface area contributed by atoms with E-state index < -0.39 is 0 Å². The van der Waals surface area contributed by atoms with Crippen LogP contribution < -0.4 is 11.1 Å². The zero-order chi connectivity index (χ0) is 13.7. The van der Waals surface area contributed by atoms with Gasteiger partial charge in [-0.25, -0.2) is 4.39 Å². The first-order chi connectivity index (χ1) is 9.17. The number of carbonyl (C=O) groups is 1. The summed E-state index contributed by atoms with van der Waals surface area (Å²) in [6.45, 7) is 0.498. The maximum absolute atomic E-state index is 12.7. The molecular formula is C12H13FN4OS. The Morgan fingerprint density at radius 1 is 1.32 bits per heavy atom. The van der Waals surface area contributed by atoms with Gasteiger partial charge in [0.05, 0.1) is 6.42 Å². The minimum absolute atomic E-state index is 0.173. The zero-order valence-electron chi connectivity index (χ0n) is 10.1. The fourth-order valence-electron chi connectivity index (χ4n) is 1.48. The number of carbonyl (C=O) groups excluding carboxylic acids is 1. The van der Waals surface area contributed by atoms with E-state index in [0.29, 0.717) is 18.1 Å². The van der Waals surface area contributed by atoms with Crippen molar-refractivity contribution >= 4 is 22.4 Å². The highest BCUT2D eigenvalue weighted by Crippen LogP contribution is 2.15. The quantitative estimate of drug-likeness (QED) is 0.866. The largest absolute Gasteiger partial charge is 0.330 e. The predicted molar refractivity (Wildman–Crippen MR) is 71.4 cm³/mol. The fourth-order valence-corrected chi connectivity index (χ4v) is 2.25. The average molecular weight is 280 g/mol.